The number of halogens is 2. The summed E-state index contributed by atoms with van der Waals surface area (Å²) in [5, 5.41) is 9.67. The smallest absolute Gasteiger partial charge is 0.323 e. The quantitative estimate of drug-likeness (QED) is 0.345. The Bertz CT molecular complexity index is 1570. The third-order valence-corrected chi connectivity index (χ3v) is 7.85. The fraction of sp³-hybridized carbons (Fsp3) is 0.0476. The fourth-order valence-corrected chi connectivity index (χ4v) is 6.76. The topological polar surface area (TPSA) is 137 Å². The van der Waals surface area contributed by atoms with E-state index in [-0.39, 0.29) is 20.6 Å². The van der Waals surface area contributed by atoms with Gasteiger partial charge in [0.1, 0.15) is 18.2 Å². The molecule has 2 heterocycles. The minimum Gasteiger partial charge on any atom is -0.323 e. The molecule has 0 unspecified atom stereocenters. The van der Waals surface area contributed by atoms with Gasteiger partial charge in [-0.15, -0.1) is 0 Å². The zero-order valence-corrected chi connectivity index (χ0v) is 20.3. The van der Waals surface area contributed by atoms with Crippen molar-refractivity contribution in [1.29, 1.82) is 5.26 Å². The molecule has 0 radical (unpaired) electrons. The van der Waals surface area contributed by atoms with Crippen LogP contribution in [0.4, 0.5) is 5.69 Å². The lowest BCUT2D eigenvalue weighted by Gasteiger charge is -2.25. The number of aromatic nitrogens is 2. The molecule has 9 nitrogen and oxygen atoms in total. The van der Waals surface area contributed by atoms with Gasteiger partial charge in [0.15, 0.2) is 0 Å². The molecule has 0 aliphatic carbocycles. The van der Waals surface area contributed by atoms with Crippen molar-refractivity contribution in [2.45, 2.75) is 4.90 Å². The number of fused-ring (bicyclic) bond motifs is 1. The minimum absolute atomic E-state index is 0.0393. The molecule has 174 valence electrons. The summed E-state index contributed by atoms with van der Waals surface area (Å²) in [6, 6.07) is 15.2. The number of anilines is 1. The highest BCUT2D eigenvalue weighted by Crippen LogP contribution is 2.40. The number of hydrogen-bond donors (Lipinski definition) is 2. The summed E-state index contributed by atoms with van der Waals surface area (Å²) in [6.07, 6.45) is 2.06. The second-order valence-corrected chi connectivity index (χ2v) is 11.6. The van der Waals surface area contributed by atoms with Gasteiger partial charge in [-0.2, -0.15) is 5.26 Å². The van der Waals surface area contributed by atoms with E-state index in [9.17, 15) is 22.8 Å². The van der Waals surface area contributed by atoms with Crippen molar-refractivity contribution in [2.24, 2.45) is 0 Å². The second-order valence-electron chi connectivity index (χ2n) is 7.21. The molecule has 13 heteroatoms. The third kappa shape index (κ3) is 4.95. The molecule has 0 saturated carbocycles. The van der Waals surface area contributed by atoms with Crippen LogP contribution in [-0.4, -0.2) is 34.0 Å². The van der Waals surface area contributed by atoms with Crippen LogP contribution in [0.25, 0.3) is 16.7 Å². The van der Waals surface area contributed by atoms with Crippen molar-refractivity contribution in [3.8, 4) is 11.9 Å². The standard InChI is InChI=1S/C21H15Cl2N4O5PS/c22-16-8-17(23)10-19(9-16)34(31,32)27(13-33(28,29)30)18-2-3-20-15(7-18)5-6-26(20)21-4-1-14(11-24)12-25-21/h1-10,12H,13H2,(H2,28,29,30). The highest BCUT2D eigenvalue weighted by Gasteiger charge is 2.32. The lowest BCUT2D eigenvalue weighted by molar-refractivity contribution is 0.373. The first kappa shape index (κ1) is 24.2. The number of hydrogen-bond acceptors (Lipinski definition) is 5. The SMILES string of the molecule is N#Cc1ccc(-n2ccc3cc(N(CP(=O)(O)O)S(=O)(=O)c4cc(Cl)cc(Cl)c4)ccc32)nc1. The minimum atomic E-state index is -4.80. The lowest BCUT2D eigenvalue weighted by atomic mass is 10.2. The largest absolute Gasteiger partial charge is 0.345 e. The Morgan fingerprint density at radius 3 is 2.35 bits per heavy atom. The van der Waals surface area contributed by atoms with Crippen molar-refractivity contribution in [2.75, 3.05) is 10.6 Å². The molecule has 2 N–H and O–H groups in total. The monoisotopic (exact) mass is 536 g/mol. The van der Waals surface area contributed by atoms with Crippen molar-refractivity contribution in [3.05, 3.63) is 82.6 Å². The lowest BCUT2D eigenvalue weighted by Crippen LogP contribution is -2.32. The highest BCUT2D eigenvalue weighted by molar-refractivity contribution is 7.93. The molecule has 0 atom stereocenters. The van der Waals surface area contributed by atoms with Crippen LogP contribution in [0.15, 0.2) is 71.9 Å². The zero-order chi connectivity index (χ0) is 24.7. The maximum atomic E-state index is 13.4. The molecule has 2 aromatic carbocycles. The molecule has 0 spiro atoms. The summed E-state index contributed by atoms with van der Waals surface area (Å²) in [7, 11) is -9.23. The Labute approximate surface area is 204 Å². The Hall–Kier alpha value is -2.90. The molecule has 4 aromatic rings. The van der Waals surface area contributed by atoms with E-state index in [1.165, 1.54) is 24.4 Å². The van der Waals surface area contributed by atoms with Crippen LogP contribution in [0.5, 0.6) is 0 Å². The van der Waals surface area contributed by atoms with Crippen LogP contribution in [-0.2, 0) is 14.6 Å². The number of nitrogens with zero attached hydrogens (tertiary/aromatic N) is 4. The van der Waals surface area contributed by atoms with Gasteiger partial charge in [-0.05, 0) is 54.6 Å². The molecule has 0 amide bonds. The summed E-state index contributed by atoms with van der Waals surface area (Å²) in [5.41, 5.74) is 1.11. The van der Waals surface area contributed by atoms with E-state index in [4.69, 9.17) is 28.5 Å². The predicted molar refractivity (Wildman–Crippen MR) is 129 cm³/mol. The molecule has 34 heavy (non-hydrogen) atoms. The van der Waals surface area contributed by atoms with Gasteiger partial charge < -0.3 is 14.4 Å². The number of rotatable bonds is 6. The van der Waals surface area contributed by atoms with Crippen molar-refractivity contribution < 1.29 is 22.8 Å². The maximum absolute atomic E-state index is 13.4. The number of nitriles is 1. The van der Waals surface area contributed by atoms with E-state index in [2.05, 4.69) is 4.98 Å². The molecule has 0 aliphatic heterocycles. The van der Waals surface area contributed by atoms with Crippen molar-refractivity contribution >= 4 is 57.4 Å². The van der Waals surface area contributed by atoms with Crippen LogP contribution in [0.1, 0.15) is 5.56 Å². The van der Waals surface area contributed by atoms with Crippen molar-refractivity contribution in [1.82, 2.24) is 9.55 Å². The van der Waals surface area contributed by atoms with Crippen LogP contribution in [0.2, 0.25) is 10.0 Å². The zero-order valence-electron chi connectivity index (χ0n) is 17.1. The first-order valence-corrected chi connectivity index (χ1v) is 13.5. The molecule has 4 rings (SSSR count). The van der Waals surface area contributed by atoms with Crippen molar-refractivity contribution in [3.63, 3.8) is 0 Å². The van der Waals surface area contributed by atoms with Crippen LogP contribution in [0.3, 0.4) is 0 Å². The highest BCUT2D eigenvalue weighted by atomic mass is 35.5. The molecule has 2 aromatic heterocycles. The Morgan fingerprint density at radius 2 is 1.76 bits per heavy atom. The van der Waals surface area contributed by atoms with E-state index in [1.54, 1.807) is 35.0 Å². The molecule has 0 aliphatic rings. The summed E-state index contributed by atoms with van der Waals surface area (Å²) in [5.74, 6) is 0.537. The Morgan fingerprint density at radius 1 is 1.06 bits per heavy atom. The molecule has 0 bridgehead atoms. The van der Waals surface area contributed by atoms with Gasteiger partial charge in [0, 0.05) is 27.8 Å². The molecule has 0 saturated heterocycles. The van der Waals surface area contributed by atoms with E-state index in [0.717, 1.165) is 12.1 Å². The average molecular weight is 537 g/mol. The number of sulfonamides is 1. The van der Waals surface area contributed by atoms with Gasteiger partial charge in [-0.3, -0.25) is 8.87 Å². The Kier molecular flexibility index (Phi) is 6.44. The summed E-state index contributed by atoms with van der Waals surface area (Å²) in [4.78, 5) is 23.1. The predicted octanol–water partition coefficient (Wildman–Crippen LogP) is 4.53. The van der Waals surface area contributed by atoms with Gasteiger partial charge in [0.2, 0.25) is 0 Å². The molecular formula is C21H15Cl2N4O5PS. The van der Waals surface area contributed by atoms with Gasteiger partial charge in [0.05, 0.1) is 21.7 Å². The third-order valence-electron chi connectivity index (χ3n) is 4.82. The normalized spacial score (nSPS) is 12.0. The molecule has 0 fully saturated rings. The maximum Gasteiger partial charge on any atom is 0.345 e. The molecular weight excluding hydrogens is 522 g/mol. The Balaban J connectivity index is 1.82. The van der Waals surface area contributed by atoms with E-state index in [1.807, 2.05) is 6.07 Å². The van der Waals surface area contributed by atoms with Crippen LogP contribution >= 0.6 is 30.8 Å². The van der Waals surface area contributed by atoms with Gasteiger partial charge in [-0.1, -0.05) is 23.2 Å². The van der Waals surface area contributed by atoms with Crippen LogP contribution < -0.4 is 4.31 Å². The van der Waals surface area contributed by atoms with Crippen LogP contribution in [0, 0.1) is 11.3 Å². The van der Waals surface area contributed by atoms with Gasteiger partial charge in [0.25, 0.3) is 10.0 Å². The summed E-state index contributed by atoms with van der Waals surface area (Å²) < 4.78 is 40.9. The average Bonchev–Trinajstić information content (AvgIpc) is 3.19. The summed E-state index contributed by atoms with van der Waals surface area (Å²) in [6.45, 7) is 0. The van der Waals surface area contributed by atoms with E-state index >= 15 is 0 Å². The first-order chi connectivity index (χ1) is 16.0. The first-order valence-electron chi connectivity index (χ1n) is 9.49. The fourth-order valence-electron chi connectivity index (χ4n) is 3.35. The van der Waals surface area contributed by atoms with Gasteiger partial charge >= 0.3 is 7.60 Å². The van der Waals surface area contributed by atoms with Gasteiger partial charge in [-0.25, -0.2) is 13.4 Å². The number of benzene rings is 2. The summed E-state index contributed by atoms with van der Waals surface area (Å²) >= 11 is 11.9. The van der Waals surface area contributed by atoms with E-state index < -0.39 is 23.9 Å². The second kappa shape index (κ2) is 9.04. The number of pyridine rings is 1. The van der Waals surface area contributed by atoms with E-state index in [0.29, 0.717) is 26.6 Å².